The molecule has 0 saturated heterocycles. The van der Waals surface area contributed by atoms with Gasteiger partial charge in [0.05, 0.1) is 0 Å². The van der Waals surface area contributed by atoms with Crippen LogP contribution in [0.3, 0.4) is 0 Å². The zero-order valence-electron chi connectivity index (χ0n) is 12.7. The summed E-state index contributed by atoms with van der Waals surface area (Å²) < 4.78 is 0. The van der Waals surface area contributed by atoms with E-state index in [1.54, 1.807) is 0 Å². The van der Waals surface area contributed by atoms with Crippen LogP contribution in [-0.4, -0.2) is 31.1 Å². The van der Waals surface area contributed by atoms with E-state index in [0.717, 1.165) is 18.4 Å². The number of rotatable bonds is 10. The fourth-order valence-corrected chi connectivity index (χ4v) is 2.31. The molecule has 2 heteroatoms. The van der Waals surface area contributed by atoms with Crippen LogP contribution in [0.2, 0.25) is 0 Å². The topological polar surface area (TPSA) is 29.3 Å². The van der Waals surface area contributed by atoms with E-state index in [1.165, 1.54) is 38.9 Å². The summed E-state index contributed by atoms with van der Waals surface area (Å²) in [5, 5.41) is 0. The number of hydrogen-bond acceptors (Lipinski definition) is 2. The van der Waals surface area contributed by atoms with Gasteiger partial charge in [-0.1, -0.05) is 41.0 Å². The van der Waals surface area contributed by atoms with Crippen LogP contribution in [0.1, 0.15) is 53.9 Å². The monoisotopic (exact) mass is 242 g/mol. The van der Waals surface area contributed by atoms with Crippen molar-refractivity contribution < 1.29 is 0 Å². The van der Waals surface area contributed by atoms with Gasteiger partial charge in [-0.3, -0.25) is 0 Å². The molecule has 2 nitrogen and oxygen atoms in total. The van der Waals surface area contributed by atoms with Crippen LogP contribution in [-0.2, 0) is 0 Å². The lowest BCUT2D eigenvalue weighted by atomic mass is 9.94. The second-order valence-corrected chi connectivity index (χ2v) is 5.93. The van der Waals surface area contributed by atoms with Crippen LogP contribution in [0.5, 0.6) is 0 Å². The van der Waals surface area contributed by atoms with E-state index in [-0.39, 0.29) is 0 Å². The molecule has 104 valence electrons. The average molecular weight is 242 g/mol. The lowest BCUT2D eigenvalue weighted by Gasteiger charge is -2.26. The molecule has 0 aliphatic carbocycles. The smallest absolute Gasteiger partial charge is 0.000680 e. The standard InChI is InChI=1S/C15H34N2/c1-6-14(5)12-17(7-2)9-8-15(11-16)10-13(3)4/h13-15H,6-12,16H2,1-5H3/t14?,15-/m1/s1. The number of nitrogens with zero attached hydrogens (tertiary/aromatic N) is 1. The van der Waals surface area contributed by atoms with E-state index in [2.05, 4.69) is 39.5 Å². The molecule has 0 amide bonds. The van der Waals surface area contributed by atoms with Crippen molar-refractivity contribution in [3.8, 4) is 0 Å². The van der Waals surface area contributed by atoms with Gasteiger partial charge in [-0.25, -0.2) is 0 Å². The van der Waals surface area contributed by atoms with Gasteiger partial charge in [0.1, 0.15) is 0 Å². The molecule has 0 heterocycles. The lowest BCUT2D eigenvalue weighted by Crippen LogP contribution is -2.31. The molecular formula is C15H34N2. The summed E-state index contributed by atoms with van der Waals surface area (Å²) in [6.45, 7) is 15.9. The van der Waals surface area contributed by atoms with Gasteiger partial charge in [-0.05, 0) is 50.2 Å². The minimum absolute atomic E-state index is 0.709. The van der Waals surface area contributed by atoms with Crippen molar-refractivity contribution in [3.63, 3.8) is 0 Å². The van der Waals surface area contributed by atoms with Crippen molar-refractivity contribution >= 4 is 0 Å². The molecule has 2 N–H and O–H groups in total. The Morgan fingerprint density at radius 3 is 2.18 bits per heavy atom. The highest BCUT2D eigenvalue weighted by atomic mass is 15.1. The fraction of sp³-hybridized carbons (Fsp3) is 1.00. The summed E-state index contributed by atoms with van der Waals surface area (Å²) in [4.78, 5) is 2.58. The van der Waals surface area contributed by atoms with E-state index in [4.69, 9.17) is 5.73 Å². The van der Waals surface area contributed by atoms with Gasteiger partial charge in [0.15, 0.2) is 0 Å². The Kier molecular flexibility index (Phi) is 9.85. The van der Waals surface area contributed by atoms with Crippen LogP contribution < -0.4 is 5.73 Å². The molecule has 0 aliphatic rings. The van der Waals surface area contributed by atoms with Crippen molar-refractivity contribution in [2.24, 2.45) is 23.5 Å². The van der Waals surface area contributed by atoms with Crippen LogP contribution >= 0.6 is 0 Å². The van der Waals surface area contributed by atoms with Crippen molar-refractivity contribution in [2.45, 2.75) is 53.9 Å². The summed E-state index contributed by atoms with van der Waals surface area (Å²) in [5.74, 6) is 2.30. The molecule has 0 radical (unpaired) electrons. The Balaban J connectivity index is 3.93. The van der Waals surface area contributed by atoms with Gasteiger partial charge in [-0.15, -0.1) is 0 Å². The minimum Gasteiger partial charge on any atom is -0.330 e. The third-order valence-electron chi connectivity index (χ3n) is 3.71. The van der Waals surface area contributed by atoms with Gasteiger partial charge in [0.25, 0.3) is 0 Å². The highest BCUT2D eigenvalue weighted by Gasteiger charge is 2.12. The molecule has 0 aliphatic heterocycles. The van der Waals surface area contributed by atoms with Gasteiger partial charge in [0, 0.05) is 6.54 Å². The van der Waals surface area contributed by atoms with E-state index in [0.29, 0.717) is 5.92 Å². The van der Waals surface area contributed by atoms with Crippen molar-refractivity contribution in [1.29, 1.82) is 0 Å². The maximum absolute atomic E-state index is 5.86. The first-order chi connectivity index (χ1) is 8.03. The minimum atomic E-state index is 0.709. The summed E-state index contributed by atoms with van der Waals surface area (Å²) in [6, 6.07) is 0. The second kappa shape index (κ2) is 9.90. The highest BCUT2D eigenvalue weighted by molar-refractivity contribution is 4.67. The Labute approximate surface area is 109 Å². The molecule has 0 aromatic carbocycles. The maximum Gasteiger partial charge on any atom is 0.000680 e. The largest absolute Gasteiger partial charge is 0.330 e. The Morgan fingerprint density at radius 2 is 1.76 bits per heavy atom. The van der Waals surface area contributed by atoms with Crippen LogP contribution in [0.15, 0.2) is 0 Å². The second-order valence-electron chi connectivity index (χ2n) is 5.93. The first-order valence-corrected chi connectivity index (χ1v) is 7.45. The summed E-state index contributed by atoms with van der Waals surface area (Å²) in [5.41, 5.74) is 5.86. The third-order valence-corrected chi connectivity index (χ3v) is 3.71. The zero-order chi connectivity index (χ0) is 13.3. The molecule has 0 saturated carbocycles. The van der Waals surface area contributed by atoms with Crippen molar-refractivity contribution in [2.75, 3.05) is 26.2 Å². The van der Waals surface area contributed by atoms with E-state index in [1.807, 2.05) is 0 Å². The zero-order valence-corrected chi connectivity index (χ0v) is 12.7. The number of hydrogen-bond donors (Lipinski definition) is 1. The molecule has 1 unspecified atom stereocenters. The van der Waals surface area contributed by atoms with Crippen molar-refractivity contribution in [1.82, 2.24) is 4.90 Å². The van der Waals surface area contributed by atoms with Gasteiger partial charge in [-0.2, -0.15) is 0 Å². The highest BCUT2D eigenvalue weighted by Crippen LogP contribution is 2.15. The first-order valence-electron chi connectivity index (χ1n) is 7.45. The Hall–Kier alpha value is -0.0800. The van der Waals surface area contributed by atoms with Gasteiger partial charge < -0.3 is 10.6 Å². The SMILES string of the molecule is CCC(C)CN(CC)CC[C@@H](CN)CC(C)C. The molecule has 0 bridgehead atoms. The maximum atomic E-state index is 5.86. The molecule has 2 atom stereocenters. The van der Waals surface area contributed by atoms with Gasteiger partial charge >= 0.3 is 0 Å². The van der Waals surface area contributed by atoms with E-state index in [9.17, 15) is 0 Å². The third kappa shape index (κ3) is 8.62. The van der Waals surface area contributed by atoms with Gasteiger partial charge in [0.2, 0.25) is 0 Å². The molecule has 0 rings (SSSR count). The van der Waals surface area contributed by atoms with Crippen LogP contribution in [0, 0.1) is 17.8 Å². The molecule has 0 fully saturated rings. The Bertz CT molecular complexity index is 168. The summed E-state index contributed by atoms with van der Waals surface area (Å²) >= 11 is 0. The molecule has 17 heavy (non-hydrogen) atoms. The summed E-state index contributed by atoms with van der Waals surface area (Å²) in [7, 11) is 0. The number of nitrogens with two attached hydrogens (primary N) is 1. The van der Waals surface area contributed by atoms with Crippen LogP contribution in [0.4, 0.5) is 0 Å². The van der Waals surface area contributed by atoms with Crippen molar-refractivity contribution in [3.05, 3.63) is 0 Å². The fourth-order valence-electron chi connectivity index (χ4n) is 2.31. The predicted molar refractivity (Wildman–Crippen MR) is 78.2 cm³/mol. The Morgan fingerprint density at radius 1 is 1.12 bits per heavy atom. The quantitative estimate of drug-likeness (QED) is 0.636. The molecule has 0 aromatic rings. The average Bonchev–Trinajstić information content (AvgIpc) is 2.31. The molecule has 0 spiro atoms. The van der Waals surface area contributed by atoms with Crippen LogP contribution in [0.25, 0.3) is 0 Å². The normalized spacial score (nSPS) is 15.5. The first kappa shape index (κ1) is 16.9. The predicted octanol–water partition coefficient (Wildman–Crippen LogP) is 3.37. The molecule has 0 aromatic heterocycles. The van der Waals surface area contributed by atoms with E-state index >= 15 is 0 Å². The summed E-state index contributed by atoms with van der Waals surface area (Å²) in [6.07, 6.45) is 3.82. The van der Waals surface area contributed by atoms with E-state index < -0.39 is 0 Å². The molecular weight excluding hydrogens is 208 g/mol. The lowest BCUT2D eigenvalue weighted by molar-refractivity contribution is 0.222.